The molecule has 1 atom stereocenters. The molecular formula is C19H24F3N3O2. The van der Waals surface area contributed by atoms with Crippen LogP contribution in [0.25, 0.3) is 11.0 Å². The number of hydrogen-bond acceptors (Lipinski definition) is 3. The fourth-order valence-electron chi connectivity index (χ4n) is 3.36. The van der Waals surface area contributed by atoms with Crippen molar-refractivity contribution in [1.82, 2.24) is 9.55 Å². The van der Waals surface area contributed by atoms with Gasteiger partial charge < -0.3 is 9.67 Å². The third kappa shape index (κ3) is 4.10. The Balaban J connectivity index is 1.98. The molecule has 1 fully saturated rings. The van der Waals surface area contributed by atoms with Crippen molar-refractivity contribution in [3.8, 4) is 0 Å². The van der Waals surface area contributed by atoms with Gasteiger partial charge in [-0.1, -0.05) is 0 Å². The van der Waals surface area contributed by atoms with Gasteiger partial charge in [0, 0.05) is 5.54 Å². The highest BCUT2D eigenvalue weighted by atomic mass is 19.4. The second-order valence-corrected chi connectivity index (χ2v) is 8.50. The zero-order chi connectivity index (χ0) is 20.2. The van der Waals surface area contributed by atoms with Gasteiger partial charge in [-0.2, -0.15) is 13.2 Å². The molecule has 148 valence electrons. The highest BCUT2D eigenvalue weighted by Crippen LogP contribution is 2.41. The van der Waals surface area contributed by atoms with Gasteiger partial charge in [-0.3, -0.25) is 10.1 Å². The molecule has 0 radical (unpaired) electrons. The molecule has 3 rings (SSSR count). The van der Waals surface area contributed by atoms with Crippen LogP contribution < -0.4 is 5.32 Å². The lowest BCUT2D eigenvalue weighted by atomic mass is 9.96. The summed E-state index contributed by atoms with van der Waals surface area (Å²) in [7, 11) is 0. The van der Waals surface area contributed by atoms with E-state index in [4.69, 9.17) is 0 Å². The first-order valence-corrected chi connectivity index (χ1v) is 8.91. The number of hydrogen-bond donors (Lipinski definition) is 2. The minimum absolute atomic E-state index is 0.0845. The van der Waals surface area contributed by atoms with Gasteiger partial charge in [-0.05, 0) is 64.7 Å². The molecule has 1 aromatic heterocycles. The van der Waals surface area contributed by atoms with Crippen LogP contribution in [-0.2, 0) is 16.5 Å². The Kier molecular flexibility index (Phi) is 4.53. The van der Waals surface area contributed by atoms with Crippen LogP contribution >= 0.6 is 0 Å². The SMILES string of the molecule is CC(O)(CC(=O)Nc1nc2ccc(C(F)(F)F)cc2n1C(C)(C)C)C1CC1. The van der Waals surface area contributed by atoms with Crippen LogP contribution in [0, 0.1) is 5.92 Å². The fraction of sp³-hybridized carbons (Fsp3) is 0.579. The highest BCUT2D eigenvalue weighted by Gasteiger charge is 2.41. The summed E-state index contributed by atoms with van der Waals surface area (Å²) in [5.41, 5.74) is -1.81. The summed E-state index contributed by atoms with van der Waals surface area (Å²) in [6.07, 6.45) is -2.77. The number of alkyl halides is 3. The van der Waals surface area contributed by atoms with Gasteiger partial charge in [0.25, 0.3) is 0 Å². The van der Waals surface area contributed by atoms with Crippen molar-refractivity contribution in [2.45, 2.75) is 64.3 Å². The highest BCUT2D eigenvalue weighted by molar-refractivity contribution is 5.92. The van der Waals surface area contributed by atoms with Crippen molar-refractivity contribution in [1.29, 1.82) is 0 Å². The number of anilines is 1. The number of aromatic nitrogens is 2. The van der Waals surface area contributed by atoms with Gasteiger partial charge in [0.05, 0.1) is 28.6 Å². The summed E-state index contributed by atoms with van der Waals surface area (Å²) < 4.78 is 40.9. The Morgan fingerprint density at radius 2 is 1.89 bits per heavy atom. The number of halogens is 3. The van der Waals surface area contributed by atoms with Crippen LogP contribution in [0.2, 0.25) is 0 Å². The third-order valence-corrected chi connectivity index (χ3v) is 4.88. The summed E-state index contributed by atoms with van der Waals surface area (Å²) in [6, 6.07) is 3.33. The Morgan fingerprint density at radius 3 is 2.41 bits per heavy atom. The normalized spacial score (nSPS) is 17.8. The molecular weight excluding hydrogens is 359 g/mol. The van der Waals surface area contributed by atoms with E-state index in [2.05, 4.69) is 10.3 Å². The Bertz CT molecular complexity index is 875. The number of nitrogens with one attached hydrogen (secondary N) is 1. The maximum absolute atomic E-state index is 13.1. The molecule has 5 nitrogen and oxygen atoms in total. The Morgan fingerprint density at radius 1 is 1.26 bits per heavy atom. The van der Waals surface area contributed by atoms with Crippen molar-refractivity contribution in [2.75, 3.05) is 5.32 Å². The number of imidazole rings is 1. The van der Waals surface area contributed by atoms with Crippen molar-refractivity contribution in [3.63, 3.8) is 0 Å². The molecule has 1 unspecified atom stereocenters. The maximum atomic E-state index is 13.1. The standard InChI is InChI=1S/C19H24F3N3O2/c1-17(2,3)25-14-9-12(19(20,21)22)7-8-13(14)23-16(25)24-15(26)10-18(4,27)11-5-6-11/h7-9,11,27H,5-6,10H2,1-4H3,(H,23,24,26). The molecule has 8 heteroatoms. The first-order valence-electron chi connectivity index (χ1n) is 8.91. The molecule has 0 aliphatic heterocycles. The molecule has 1 aromatic carbocycles. The van der Waals surface area contributed by atoms with Gasteiger partial charge in [0.15, 0.2) is 0 Å². The topological polar surface area (TPSA) is 67.2 Å². The number of aliphatic hydroxyl groups is 1. The summed E-state index contributed by atoms with van der Waals surface area (Å²) in [6.45, 7) is 7.10. The Labute approximate surface area is 155 Å². The molecule has 0 saturated heterocycles. The fourth-order valence-corrected chi connectivity index (χ4v) is 3.36. The number of carbonyl (C=O) groups excluding carboxylic acids is 1. The van der Waals surface area contributed by atoms with E-state index < -0.39 is 28.8 Å². The van der Waals surface area contributed by atoms with E-state index in [-0.39, 0.29) is 18.3 Å². The number of amides is 1. The predicted octanol–water partition coefficient (Wildman–Crippen LogP) is 4.30. The number of nitrogens with zero attached hydrogens (tertiary/aromatic N) is 2. The van der Waals surface area contributed by atoms with Gasteiger partial charge in [-0.15, -0.1) is 0 Å². The van der Waals surface area contributed by atoms with E-state index in [0.29, 0.717) is 11.0 Å². The quantitative estimate of drug-likeness (QED) is 0.827. The third-order valence-electron chi connectivity index (χ3n) is 4.88. The summed E-state index contributed by atoms with van der Waals surface area (Å²) in [4.78, 5) is 16.8. The van der Waals surface area contributed by atoms with Crippen LogP contribution in [0.5, 0.6) is 0 Å². The summed E-state index contributed by atoms with van der Waals surface area (Å²) >= 11 is 0. The molecule has 0 bridgehead atoms. The molecule has 1 saturated carbocycles. The maximum Gasteiger partial charge on any atom is 0.416 e. The molecule has 1 aliphatic rings. The van der Waals surface area contributed by atoms with Crippen molar-refractivity contribution >= 4 is 22.9 Å². The van der Waals surface area contributed by atoms with Gasteiger partial charge in [0.1, 0.15) is 0 Å². The molecule has 27 heavy (non-hydrogen) atoms. The average Bonchev–Trinajstić information content (AvgIpc) is 3.26. The lowest BCUT2D eigenvalue weighted by molar-refractivity contribution is -0.137. The smallest absolute Gasteiger partial charge is 0.389 e. The van der Waals surface area contributed by atoms with E-state index in [9.17, 15) is 23.1 Å². The van der Waals surface area contributed by atoms with Crippen LogP contribution in [0.1, 0.15) is 52.5 Å². The van der Waals surface area contributed by atoms with Crippen LogP contribution in [0.3, 0.4) is 0 Å². The zero-order valence-corrected chi connectivity index (χ0v) is 15.8. The molecule has 2 aromatic rings. The van der Waals surface area contributed by atoms with Crippen LogP contribution in [0.15, 0.2) is 18.2 Å². The summed E-state index contributed by atoms with van der Waals surface area (Å²) in [5.74, 6) is -0.129. The molecule has 1 heterocycles. The molecule has 2 N–H and O–H groups in total. The zero-order valence-electron chi connectivity index (χ0n) is 15.8. The van der Waals surface area contributed by atoms with Crippen molar-refractivity contribution < 1.29 is 23.1 Å². The first kappa shape index (κ1) is 19.7. The average molecular weight is 383 g/mol. The van der Waals surface area contributed by atoms with Crippen LogP contribution in [-0.4, -0.2) is 26.2 Å². The first-order chi connectivity index (χ1) is 12.3. The lowest BCUT2D eigenvalue weighted by Gasteiger charge is -2.26. The van der Waals surface area contributed by atoms with Crippen molar-refractivity contribution in [3.05, 3.63) is 23.8 Å². The monoisotopic (exact) mass is 383 g/mol. The predicted molar refractivity (Wildman–Crippen MR) is 96.3 cm³/mol. The van der Waals surface area contributed by atoms with E-state index >= 15 is 0 Å². The second-order valence-electron chi connectivity index (χ2n) is 8.50. The number of carbonyl (C=O) groups is 1. The number of fused-ring (bicyclic) bond motifs is 1. The van der Waals surface area contributed by atoms with Gasteiger partial charge in [0.2, 0.25) is 11.9 Å². The van der Waals surface area contributed by atoms with Gasteiger partial charge in [-0.25, -0.2) is 4.98 Å². The largest absolute Gasteiger partial charge is 0.416 e. The summed E-state index contributed by atoms with van der Waals surface area (Å²) in [5, 5.41) is 13.1. The van der Waals surface area contributed by atoms with E-state index in [1.54, 1.807) is 11.5 Å². The van der Waals surface area contributed by atoms with Crippen molar-refractivity contribution in [2.24, 2.45) is 5.92 Å². The minimum Gasteiger partial charge on any atom is -0.389 e. The second kappa shape index (κ2) is 6.22. The number of benzene rings is 1. The van der Waals surface area contributed by atoms with E-state index in [1.165, 1.54) is 6.07 Å². The van der Waals surface area contributed by atoms with Gasteiger partial charge >= 0.3 is 6.18 Å². The van der Waals surface area contributed by atoms with Crippen LogP contribution in [0.4, 0.5) is 19.1 Å². The van der Waals surface area contributed by atoms with E-state index in [1.807, 2.05) is 20.8 Å². The molecule has 1 aliphatic carbocycles. The number of rotatable bonds is 4. The molecule has 0 spiro atoms. The molecule has 1 amide bonds. The lowest BCUT2D eigenvalue weighted by Crippen LogP contribution is -2.34. The van der Waals surface area contributed by atoms with E-state index in [0.717, 1.165) is 25.0 Å². The minimum atomic E-state index is -4.46. The Hall–Kier alpha value is -2.09.